The van der Waals surface area contributed by atoms with E-state index in [4.69, 9.17) is 11.6 Å². The Morgan fingerprint density at radius 2 is 1.85 bits per heavy atom. The number of aromatic nitrogens is 1. The highest BCUT2D eigenvalue weighted by Crippen LogP contribution is 2.39. The molecular weight excluding hydrogens is 539 g/mol. The van der Waals surface area contributed by atoms with Crippen molar-refractivity contribution < 1.29 is 9.18 Å². The maximum Gasteiger partial charge on any atom is 0.275 e. The number of anilines is 1. The van der Waals surface area contributed by atoms with Crippen LogP contribution in [0.4, 0.5) is 10.1 Å². The third kappa shape index (κ3) is 5.00. The van der Waals surface area contributed by atoms with Gasteiger partial charge in [0, 0.05) is 41.6 Å². The van der Waals surface area contributed by atoms with Crippen LogP contribution in [0.5, 0.6) is 0 Å². The molecule has 0 unspecified atom stereocenters. The van der Waals surface area contributed by atoms with Gasteiger partial charge in [-0.3, -0.25) is 14.2 Å². The molecule has 0 N–H and O–H groups in total. The zero-order valence-electron chi connectivity index (χ0n) is 23.2. The molecule has 0 aliphatic carbocycles. The van der Waals surface area contributed by atoms with Gasteiger partial charge in [0.2, 0.25) is 5.91 Å². The van der Waals surface area contributed by atoms with Gasteiger partial charge < -0.3 is 9.80 Å². The molecule has 2 heterocycles. The molecule has 0 saturated carbocycles. The minimum atomic E-state index is -0.438. The van der Waals surface area contributed by atoms with E-state index in [1.807, 2.05) is 42.2 Å². The van der Waals surface area contributed by atoms with Gasteiger partial charge in [-0.2, -0.15) is 5.26 Å². The van der Waals surface area contributed by atoms with E-state index in [0.29, 0.717) is 58.1 Å². The fourth-order valence-electron chi connectivity index (χ4n) is 5.68. The van der Waals surface area contributed by atoms with Gasteiger partial charge in [-0.25, -0.2) is 4.39 Å². The van der Waals surface area contributed by atoms with Crippen molar-refractivity contribution in [2.75, 3.05) is 24.5 Å². The molecule has 0 bridgehead atoms. The topological polar surface area (TPSA) is 69.3 Å². The van der Waals surface area contributed by atoms with Crippen molar-refractivity contribution in [3.63, 3.8) is 0 Å². The van der Waals surface area contributed by atoms with E-state index in [1.54, 1.807) is 27.7 Å². The SMILES string of the molecule is C=CC(=O)N1CCN(c2c(C#N)c(=O)n(-c3ccccc3C(C)C)c3cc(-c4ccc(F)cc4)c(Cl)cc23)[C@@H](C)C1. The lowest BCUT2D eigenvalue weighted by Crippen LogP contribution is -2.54. The summed E-state index contributed by atoms with van der Waals surface area (Å²) in [6.07, 6.45) is 1.29. The summed E-state index contributed by atoms with van der Waals surface area (Å²) in [4.78, 5) is 30.3. The molecule has 0 spiro atoms. The summed E-state index contributed by atoms with van der Waals surface area (Å²) in [5.74, 6) is -0.412. The molecule has 8 heteroatoms. The molecule has 1 atom stereocenters. The number of pyridine rings is 1. The molecule has 1 amide bonds. The van der Waals surface area contributed by atoms with E-state index in [9.17, 15) is 19.2 Å². The Morgan fingerprint density at radius 1 is 1.15 bits per heavy atom. The van der Waals surface area contributed by atoms with Gasteiger partial charge in [-0.15, -0.1) is 0 Å². The Balaban J connectivity index is 1.85. The summed E-state index contributed by atoms with van der Waals surface area (Å²) in [6.45, 7) is 10.9. The summed E-state index contributed by atoms with van der Waals surface area (Å²) in [7, 11) is 0. The Kier molecular flexibility index (Phi) is 7.70. The molecule has 1 aliphatic heterocycles. The third-order valence-electron chi connectivity index (χ3n) is 7.70. The summed E-state index contributed by atoms with van der Waals surface area (Å²) < 4.78 is 15.3. The number of para-hydroxylation sites is 1. The first-order valence-electron chi connectivity index (χ1n) is 13.5. The molecule has 3 aromatic carbocycles. The fraction of sp³-hybridized carbons (Fsp3) is 0.242. The smallest absolute Gasteiger partial charge is 0.275 e. The lowest BCUT2D eigenvalue weighted by atomic mass is 9.97. The minimum Gasteiger partial charge on any atom is -0.363 e. The summed E-state index contributed by atoms with van der Waals surface area (Å²) in [6, 6.07) is 19.3. The van der Waals surface area contributed by atoms with E-state index in [0.717, 1.165) is 5.56 Å². The first kappa shape index (κ1) is 28.1. The van der Waals surface area contributed by atoms with Gasteiger partial charge in [0.25, 0.3) is 5.56 Å². The van der Waals surface area contributed by atoms with Gasteiger partial charge in [-0.1, -0.05) is 62.4 Å². The highest BCUT2D eigenvalue weighted by molar-refractivity contribution is 6.34. The fourth-order valence-corrected chi connectivity index (χ4v) is 5.95. The minimum absolute atomic E-state index is 0.0111. The number of hydrogen-bond donors (Lipinski definition) is 0. The van der Waals surface area contributed by atoms with Crippen molar-refractivity contribution >= 4 is 34.1 Å². The number of rotatable bonds is 5. The largest absolute Gasteiger partial charge is 0.363 e. The summed E-state index contributed by atoms with van der Waals surface area (Å²) in [5.41, 5.74) is 3.63. The zero-order chi connectivity index (χ0) is 29.4. The number of carbonyl (C=O) groups excluding carboxylic acids is 1. The maximum atomic E-state index is 14.3. The quantitative estimate of drug-likeness (QED) is 0.252. The maximum absolute atomic E-state index is 14.3. The second-order valence-corrected chi connectivity index (χ2v) is 11.0. The number of nitrogens with zero attached hydrogens (tertiary/aromatic N) is 4. The number of piperazine rings is 1. The second-order valence-electron chi connectivity index (χ2n) is 10.6. The molecule has 1 saturated heterocycles. The number of hydrogen-bond acceptors (Lipinski definition) is 4. The number of fused-ring (bicyclic) bond motifs is 1. The molecular formula is C33H30ClFN4O2. The van der Waals surface area contributed by atoms with E-state index in [-0.39, 0.29) is 29.2 Å². The predicted molar refractivity (Wildman–Crippen MR) is 162 cm³/mol. The molecule has 208 valence electrons. The Labute approximate surface area is 243 Å². The second kappa shape index (κ2) is 11.2. The average molecular weight is 569 g/mol. The molecule has 1 aromatic heterocycles. The van der Waals surface area contributed by atoms with E-state index in [2.05, 4.69) is 26.5 Å². The lowest BCUT2D eigenvalue weighted by molar-refractivity contribution is -0.126. The number of nitriles is 1. The summed E-state index contributed by atoms with van der Waals surface area (Å²) >= 11 is 6.88. The van der Waals surface area contributed by atoms with Crippen LogP contribution in [0.2, 0.25) is 5.02 Å². The normalized spacial score (nSPS) is 15.3. The Morgan fingerprint density at radius 3 is 2.49 bits per heavy atom. The van der Waals surface area contributed by atoms with Gasteiger partial charge >= 0.3 is 0 Å². The van der Waals surface area contributed by atoms with Gasteiger partial charge in [-0.05, 0) is 60.4 Å². The van der Waals surface area contributed by atoms with Gasteiger partial charge in [0.1, 0.15) is 17.4 Å². The molecule has 1 aliphatic rings. The Hall–Kier alpha value is -4.41. The molecule has 6 nitrogen and oxygen atoms in total. The van der Waals surface area contributed by atoms with Crippen LogP contribution in [0.3, 0.4) is 0 Å². The van der Waals surface area contributed by atoms with Crippen molar-refractivity contribution in [3.8, 4) is 22.9 Å². The summed E-state index contributed by atoms with van der Waals surface area (Å²) in [5, 5.41) is 11.4. The highest BCUT2D eigenvalue weighted by Gasteiger charge is 2.31. The van der Waals surface area contributed by atoms with Crippen molar-refractivity contribution in [1.29, 1.82) is 5.26 Å². The van der Waals surface area contributed by atoms with Crippen LogP contribution < -0.4 is 10.5 Å². The molecule has 4 aromatic rings. The van der Waals surface area contributed by atoms with E-state index < -0.39 is 5.56 Å². The number of carbonyl (C=O) groups is 1. The van der Waals surface area contributed by atoms with Crippen LogP contribution in [-0.2, 0) is 4.79 Å². The van der Waals surface area contributed by atoms with E-state index >= 15 is 0 Å². The zero-order valence-corrected chi connectivity index (χ0v) is 24.0. The molecule has 5 rings (SSSR count). The van der Waals surface area contributed by atoms with Crippen LogP contribution in [0.25, 0.3) is 27.7 Å². The van der Waals surface area contributed by atoms with Gasteiger partial charge in [0.05, 0.1) is 16.9 Å². The number of amides is 1. The van der Waals surface area contributed by atoms with Crippen molar-refractivity contribution in [2.45, 2.75) is 32.7 Å². The van der Waals surface area contributed by atoms with Gasteiger partial charge in [0.15, 0.2) is 0 Å². The first-order valence-corrected chi connectivity index (χ1v) is 13.9. The Bertz CT molecular complexity index is 1770. The van der Waals surface area contributed by atoms with E-state index in [1.165, 1.54) is 18.2 Å². The standard InChI is InChI=1S/C33H30ClFN4O2/c1-5-31(40)37-14-15-38(21(4)19-37)32-26-16-28(34)25(22-10-12-23(35)13-11-22)17-30(26)39(33(41)27(32)18-36)29-9-7-6-8-24(29)20(2)3/h5-13,16-17,20-21H,1,14-15,19H2,2-4H3/t21-/m0/s1. The number of benzene rings is 3. The number of halogens is 2. The van der Waals surface area contributed by atoms with Crippen molar-refractivity contribution in [2.24, 2.45) is 0 Å². The molecule has 41 heavy (non-hydrogen) atoms. The predicted octanol–water partition coefficient (Wildman–Crippen LogP) is 6.67. The van der Waals surface area contributed by atoms with Crippen molar-refractivity contribution in [1.82, 2.24) is 9.47 Å². The van der Waals surface area contributed by atoms with Crippen LogP contribution >= 0.6 is 11.6 Å². The molecule has 1 fully saturated rings. The lowest BCUT2D eigenvalue weighted by Gasteiger charge is -2.41. The van der Waals surface area contributed by atoms with Crippen LogP contribution in [-0.4, -0.2) is 41.1 Å². The average Bonchev–Trinajstić information content (AvgIpc) is 2.96. The van der Waals surface area contributed by atoms with Crippen LogP contribution in [0, 0.1) is 17.1 Å². The monoisotopic (exact) mass is 568 g/mol. The van der Waals surface area contributed by atoms with Crippen LogP contribution in [0.1, 0.15) is 37.8 Å². The molecule has 0 radical (unpaired) electrons. The first-order chi connectivity index (χ1) is 19.7. The van der Waals surface area contributed by atoms with Crippen LogP contribution in [0.15, 0.2) is 78.1 Å². The van der Waals surface area contributed by atoms with Crippen molar-refractivity contribution in [3.05, 3.63) is 106 Å². The third-order valence-corrected chi connectivity index (χ3v) is 8.02. The highest BCUT2D eigenvalue weighted by atomic mass is 35.5.